The van der Waals surface area contributed by atoms with E-state index in [2.05, 4.69) is 31.2 Å². The predicted molar refractivity (Wildman–Crippen MR) is 187 cm³/mol. The summed E-state index contributed by atoms with van der Waals surface area (Å²) in [7, 11) is 0. The van der Waals surface area contributed by atoms with E-state index in [0.29, 0.717) is 12.8 Å². The van der Waals surface area contributed by atoms with E-state index >= 15 is 0 Å². The molecule has 11 atom stereocenters. The van der Waals surface area contributed by atoms with E-state index in [4.69, 9.17) is 28.4 Å². The van der Waals surface area contributed by atoms with Crippen LogP contribution in [-0.4, -0.2) is 142 Å². The highest BCUT2D eigenvalue weighted by Crippen LogP contribution is 2.26. The molecule has 0 aromatic carbocycles. The Morgan fingerprint density at radius 3 is 1.83 bits per heavy atom. The summed E-state index contributed by atoms with van der Waals surface area (Å²) in [4.78, 5) is 24.7. The molecule has 7 N–H and O–H groups in total. The number of ether oxygens (including phenoxy) is 6. The number of hydrogen-bond donors (Lipinski definition) is 7. The normalized spacial score (nSPS) is 30.2. The minimum Gasteiger partial charge on any atom is -0.462 e. The van der Waals surface area contributed by atoms with Gasteiger partial charge in [-0.25, -0.2) is 0 Å². The van der Waals surface area contributed by atoms with Crippen molar-refractivity contribution >= 4 is 11.9 Å². The number of hydrogen-bond acceptors (Lipinski definition) is 15. The van der Waals surface area contributed by atoms with Crippen LogP contribution in [0.25, 0.3) is 0 Å². The largest absolute Gasteiger partial charge is 0.462 e. The Kier molecular flexibility index (Phi) is 23.7. The highest BCUT2D eigenvalue weighted by atomic mass is 16.7. The molecule has 15 heteroatoms. The maximum atomic E-state index is 12.7. The Balaban J connectivity index is 1.80. The molecule has 0 spiro atoms. The molecule has 2 fully saturated rings. The van der Waals surface area contributed by atoms with Crippen LogP contribution in [0.5, 0.6) is 0 Å². The van der Waals surface area contributed by atoms with Gasteiger partial charge in [-0.3, -0.25) is 9.59 Å². The number of rotatable bonds is 26. The minimum absolute atomic E-state index is 0.148. The van der Waals surface area contributed by atoms with E-state index in [1.54, 1.807) is 0 Å². The van der Waals surface area contributed by atoms with E-state index in [0.717, 1.165) is 44.9 Å². The summed E-state index contributed by atoms with van der Waals surface area (Å²) < 4.78 is 32.8. The van der Waals surface area contributed by atoms with Crippen molar-refractivity contribution in [2.24, 2.45) is 0 Å². The molecule has 11 unspecified atom stereocenters. The first-order valence-electron chi connectivity index (χ1n) is 18.9. The molecule has 0 saturated carbocycles. The Morgan fingerprint density at radius 2 is 1.19 bits per heavy atom. The summed E-state index contributed by atoms with van der Waals surface area (Å²) in [5.41, 5.74) is 0. The number of aliphatic hydroxyl groups excluding tert-OH is 7. The number of esters is 2. The van der Waals surface area contributed by atoms with Gasteiger partial charge in [-0.2, -0.15) is 0 Å². The van der Waals surface area contributed by atoms with Gasteiger partial charge in [0.25, 0.3) is 0 Å². The van der Waals surface area contributed by atoms with Crippen LogP contribution in [0, 0.1) is 0 Å². The van der Waals surface area contributed by atoms with E-state index in [1.165, 1.54) is 19.3 Å². The standard InChI is InChI=1S/C37H64O15/c1-3-5-6-7-8-9-10-11-12-13-14-15-16-17-18-20-29(40)50-25(22-47-28(39)19-4-2)23-48-36-35(46)33(44)31(42)27(52-36)24-49-37-34(45)32(43)30(41)26(21-38)51-37/h8-9,11-12,25-27,30-38,41-46H,3-7,10,13-24H2,1-2H3/b9-8-,12-11-. The summed E-state index contributed by atoms with van der Waals surface area (Å²) in [6.07, 6.45) is 4.30. The van der Waals surface area contributed by atoms with Gasteiger partial charge in [0, 0.05) is 12.8 Å². The molecule has 0 radical (unpaired) electrons. The minimum atomic E-state index is -1.76. The third-order valence-electron chi connectivity index (χ3n) is 8.90. The first kappa shape index (κ1) is 46.1. The van der Waals surface area contributed by atoms with Gasteiger partial charge in [-0.1, -0.05) is 70.3 Å². The van der Waals surface area contributed by atoms with Gasteiger partial charge in [-0.05, 0) is 44.9 Å². The van der Waals surface area contributed by atoms with Gasteiger partial charge < -0.3 is 64.2 Å². The Morgan fingerprint density at radius 1 is 0.615 bits per heavy atom. The molecule has 0 aliphatic carbocycles. The van der Waals surface area contributed by atoms with Crippen LogP contribution >= 0.6 is 0 Å². The first-order valence-corrected chi connectivity index (χ1v) is 18.9. The molecule has 52 heavy (non-hydrogen) atoms. The summed E-state index contributed by atoms with van der Waals surface area (Å²) in [5.74, 6) is -1.01. The van der Waals surface area contributed by atoms with E-state index in [-0.39, 0.29) is 19.4 Å². The van der Waals surface area contributed by atoms with Crippen molar-refractivity contribution in [3.05, 3.63) is 24.3 Å². The Hall–Kier alpha value is -2.02. The van der Waals surface area contributed by atoms with E-state index in [1.807, 2.05) is 6.92 Å². The first-order chi connectivity index (χ1) is 25.0. The summed E-state index contributed by atoms with van der Waals surface area (Å²) in [5, 5.41) is 71.1. The molecule has 302 valence electrons. The maximum absolute atomic E-state index is 12.7. The topological polar surface area (TPSA) is 231 Å². The number of allylic oxidation sites excluding steroid dienone is 4. The van der Waals surface area contributed by atoms with Gasteiger partial charge in [0.15, 0.2) is 18.7 Å². The molecule has 2 aliphatic rings. The zero-order valence-corrected chi connectivity index (χ0v) is 30.8. The van der Waals surface area contributed by atoms with Gasteiger partial charge in [0.05, 0.1) is 19.8 Å². The molecule has 2 rings (SSSR count). The number of unbranched alkanes of at least 4 members (excludes halogenated alkanes) is 8. The molecule has 15 nitrogen and oxygen atoms in total. The van der Waals surface area contributed by atoms with Gasteiger partial charge in [0.2, 0.25) is 0 Å². The second-order valence-electron chi connectivity index (χ2n) is 13.4. The summed E-state index contributed by atoms with van der Waals surface area (Å²) in [6, 6.07) is 0. The predicted octanol–water partition coefficient (Wildman–Crippen LogP) is 1.70. The lowest BCUT2D eigenvalue weighted by Crippen LogP contribution is -2.61. The molecule has 0 bridgehead atoms. The van der Waals surface area contributed by atoms with Gasteiger partial charge >= 0.3 is 11.9 Å². The molecule has 2 aliphatic heterocycles. The van der Waals surface area contributed by atoms with Gasteiger partial charge in [-0.15, -0.1) is 0 Å². The molecule has 0 aromatic heterocycles. The third kappa shape index (κ3) is 17.0. The van der Waals surface area contributed by atoms with Crippen molar-refractivity contribution in [3.8, 4) is 0 Å². The van der Waals surface area contributed by atoms with Crippen LogP contribution < -0.4 is 0 Å². The molecule has 2 saturated heterocycles. The van der Waals surface area contributed by atoms with Gasteiger partial charge in [0.1, 0.15) is 55.4 Å². The van der Waals surface area contributed by atoms with Crippen LogP contribution in [0.4, 0.5) is 0 Å². The molecular weight excluding hydrogens is 684 g/mol. The maximum Gasteiger partial charge on any atom is 0.306 e. The summed E-state index contributed by atoms with van der Waals surface area (Å²) in [6.45, 7) is 2.10. The van der Waals surface area contributed by atoms with Crippen LogP contribution in [0.1, 0.15) is 104 Å². The third-order valence-corrected chi connectivity index (χ3v) is 8.90. The highest BCUT2D eigenvalue weighted by molar-refractivity contribution is 5.70. The lowest BCUT2D eigenvalue weighted by molar-refractivity contribution is -0.332. The van der Waals surface area contributed by atoms with Crippen molar-refractivity contribution in [2.75, 3.05) is 26.4 Å². The highest BCUT2D eigenvalue weighted by Gasteiger charge is 2.47. The lowest BCUT2D eigenvalue weighted by Gasteiger charge is -2.42. The average molecular weight is 749 g/mol. The Bertz CT molecular complexity index is 1020. The Labute approximate surface area is 307 Å². The quantitative estimate of drug-likeness (QED) is 0.0379. The van der Waals surface area contributed by atoms with Crippen molar-refractivity contribution in [1.29, 1.82) is 0 Å². The second kappa shape index (κ2) is 26.7. The van der Waals surface area contributed by atoms with Crippen molar-refractivity contribution in [1.82, 2.24) is 0 Å². The van der Waals surface area contributed by atoms with Crippen LogP contribution in [0.2, 0.25) is 0 Å². The second-order valence-corrected chi connectivity index (χ2v) is 13.4. The number of carbonyl (C=O) groups excluding carboxylic acids is 2. The van der Waals surface area contributed by atoms with Crippen LogP contribution in [0.3, 0.4) is 0 Å². The van der Waals surface area contributed by atoms with E-state index in [9.17, 15) is 45.3 Å². The van der Waals surface area contributed by atoms with Crippen molar-refractivity contribution < 1.29 is 73.8 Å². The smallest absolute Gasteiger partial charge is 0.306 e. The van der Waals surface area contributed by atoms with Crippen molar-refractivity contribution in [2.45, 2.75) is 171 Å². The fourth-order valence-corrected chi connectivity index (χ4v) is 5.69. The molecule has 0 aromatic rings. The molecule has 2 heterocycles. The zero-order chi connectivity index (χ0) is 38.3. The van der Waals surface area contributed by atoms with Crippen LogP contribution in [0.15, 0.2) is 24.3 Å². The zero-order valence-electron chi connectivity index (χ0n) is 30.8. The van der Waals surface area contributed by atoms with E-state index < -0.39 is 99.3 Å². The number of carbonyl (C=O) groups is 2. The fraction of sp³-hybridized carbons (Fsp3) is 0.838. The lowest BCUT2D eigenvalue weighted by atomic mass is 9.98. The monoisotopic (exact) mass is 748 g/mol. The van der Waals surface area contributed by atoms with Crippen LogP contribution in [-0.2, 0) is 38.0 Å². The fourth-order valence-electron chi connectivity index (χ4n) is 5.69. The molecule has 0 amide bonds. The molecular formula is C37H64O15. The summed E-state index contributed by atoms with van der Waals surface area (Å²) >= 11 is 0. The SMILES string of the molecule is CCCCC/C=C\C/C=C\CCCCCCCC(=O)OC(COC(=O)CCC)COC1OC(COC2OC(CO)C(O)C(O)C2O)C(O)C(O)C1O. The number of aliphatic hydroxyl groups is 7. The average Bonchev–Trinajstić information content (AvgIpc) is 3.13. The van der Waals surface area contributed by atoms with Crippen molar-refractivity contribution in [3.63, 3.8) is 0 Å².